The second-order valence-corrected chi connectivity index (χ2v) is 5.39. The average molecular weight is 275 g/mol. The third-order valence-electron chi connectivity index (χ3n) is 4.09. The number of likely N-dealkylation sites (N-methyl/N-ethyl adjacent to an activating group) is 1. The molecule has 1 amide bonds. The summed E-state index contributed by atoms with van der Waals surface area (Å²) in [5.74, 6) is 0.179. The molecule has 0 spiro atoms. The van der Waals surface area contributed by atoms with Crippen molar-refractivity contribution in [2.45, 2.75) is 52.1 Å². The van der Waals surface area contributed by atoms with Crippen molar-refractivity contribution in [3.05, 3.63) is 29.6 Å². The van der Waals surface area contributed by atoms with E-state index < -0.39 is 0 Å². The van der Waals surface area contributed by atoms with E-state index in [0.717, 1.165) is 38.0 Å². The standard InChI is InChI=1S/C16H25N3O/c1-4-19(5-2)16(20)12(3)18-14-10-6-8-13-9-7-11-17-15(13)14/h7,9,11-12,14,18H,4-6,8,10H2,1-3H3. The fourth-order valence-electron chi connectivity index (χ4n) is 2.95. The molecule has 2 atom stereocenters. The van der Waals surface area contributed by atoms with E-state index >= 15 is 0 Å². The van der Waals surface area contributed by atoms with Crippen LogP contribution in [0.2, 0.25) is 0 Å². The molecule has 0 radical (unpaired) electrons. The van der Waals surface area contributed by atoms with E-state index in [1.54, 1.807) is 0 Å². The normalized spacial score (nSPS) is 19.2. The van der Waals surface area contributed by atoms with Gasteiger partial charge in [-0.1, -0.05) is 6.07 Å². The smallest absolute Gasteiger partial charge is 0.239 e. The van der Waals surface area contributed by atoms with Gasteiger partial charge in [-0.05, 0) is 51.7 Å². The van der Waals surface area contributed by atoms with Crippen molar-refractivity contribution in [2.24, 2.45) is 0 Å². The lowest BCUT2D eigenvalue weighted by Gasteiger charge is -2.30. The highest BCUT2D eigenvalue weighted by molar-refractivity contribution is 5.81. The van der Waals surface area contributed by atoms with Crippen LogP contribution in [-0.4, -0.2) is 34.9 Å². The van der Waals surface area contributed by atoms with Crippen molar-refractivity contribution in [3.63, 3.8) is 0 Å². The number of amides is 1. The second kappa shape index (κ2) is 6.84. The number of aromatic nitrogens is 1. The third kappa shape index (κ3) is 3.18. The number of fused-ring (bicyclic) bond motifs is 1. The first-order valence-electron chi connectivity index (χ1n) is 7.66. The van der Waals surface area contributed by atoms with Gasteiger partial charge in [0.25, 0.3) is 0 Å². The van der Waals surface area contributed by atoms with Gasteiger partial charge in [-0.3, -0.25) is 15.1 Å². The number of nitrogens with zero attached hydrogens (tertiary/aromatic N) is 2. The number of hydrogen-bond donors (Lipinski definition) is 1. The van der Waals surface area contributed by atoms with Gasteiger partial charge in [0.15, 0.2) is 0 Å². The van der Waals surface area contributed by atoms with Crippen molar-refractivity contribution in [1.29, 1.82) is 0 Å². The SMILES string of the molecule is CCN(CC)C(=O)C(C)NC1CCCc2cccnc21. The van der Waals surface area contributed by atoms with E-state index in [0.29, 0.717) is 0 Å². The zero-order chi connectivity index (χ0) is 14.5. The number of aryl methyl sites for hydroxylation is 1. The number of pyridine rings is 1. The maximum Gasteiger partial charge on any atom is 0.239 e. The summed E-state index contributed by atoms with van der Waals surface area (Å²) < 4.78 is 0. The summed E-state index contributed by atoms with van der Waals surface area (Å²) in [6.45, 7) is 7.52. The zero-order valence-electron chi connectivity index (χ0n) is 12.7. The molecular weight excluding hydrogens is 250 g/mol. The Kier molecular flexibility index (Phi) is 5.12. The molecule has 4 heteroatoms. The maximum atomic E-state index is 12.3. The summed E-state index contributed by atoms with van der Waals surface area (Å²) in [5, 5.41) is 3.47. The Bertz CT molecular complexity index is 457. The Balaban J connectivity index is 2.06. The fraction of sp³-hybridized carbons (Fsp3) is 0.625. The van der Waals surface area contributed by atoms with Crippen molar-refractivity contribution in [3.8, 4) is 0 Å². The van der Waals surface area contributed by atoms with Gasteiger partial charge >= 0.3 is 0 Å². The Morgan fingerprint density at radius 1 is 1.50 bits per heavy atom. The van der Waals surface area contributed by atoms with Crippen LogP contribution in [0.1, 0.15) is 50.9 Å². The predicted octanol–water partition coefficient (Wildman–Crippen LogP) is 2.31. The Hall–Kier alpha value is -1.42. The quantitative estimate of drug-likeness (QED) is 0.897. The van der Waals surface area contributed by atoms with Crippen LogP contribution in [0, 0.1) is 0 Å². The molecule has 0 saturated carbocycles. The Labute approximate surface area is 121 Å². The lowest BCUT2D eigenvalue weighted by Crippen LogP contribution is -2.46. The van der Waals surface area contributed by atoms with Gasteiger partial charge in [-0.25, -0.2) is 0 Å². The molecule has 1 aliphatic carbocycles. The summed E-state index contributed by atoms with van der Waals surface area (Å²) in [6.07, 6.45) is 5.15. The molecule has 0 fully saturated rings. The molecule has 1 aromatic rings. The third-order valence-corrected chi connectivity index (χ3v) is 4.09. The zero-order valence-corrected chi connectivity index (χ0v) is 12.7. The van der Waals surface area contributed by atoms with Crippen LogP contribution in [0.25, 0.3) is 0 Å². The van der Waals surface area contributed by atoms with E-state index in [9.17, 15) is 4.79 Å². The van der Waals surface area contributed by atoms with Gasteiger partial charge in [0.2, 0.25) is 5.91 Å². The molecule has 2 unspecified atom stereocenters. The monoisotopic (exact) mass is 275 g/mol. The molecular formula is C16H25N3O. The first kappa shape index (κ1) is 15.0. The maximum absolute atomic E-state index is 12.3. The second-order valence-electron chi connectivity index (χ2n) is 5.39. The summed E-state index contributed by atoms with van der Waals surface area (Å²) in [6, 6.07) is 4.18. The van der Waals surface area contributed by atoms with Crippen LogP contribution < -0.4 is 5.32 Å². The summed E-state index contributed by atoms with van der Waals surface area (Å²) in [7, 11) is 0. The lowest BCUT2D eigenvalue weighted by molar-refractivity contribution is -0.132. The number of hydrogen-bond acceptors (Lipinski definition) is 3. The largest absolute Gasteiger partial charge is 0.342 e. The molecule has 2 rings (SSSR count). The van der Waals surface area contributed by atoms with E-state index in [1.807, 2.05) is 37.9 Å². The molecule has 0 saturated heterocycles. The van der Waals surface area contributed by atoms with Gasteiger partial charge in [-0.15, -0.1) is 0 Å². The highest BCUT2D eigenvalue weighted by Gasteiger charge is 2.26. The fourth-order valence-corrected chi connectivity index (χ4v) is 2.95. The number of carbonyl (C=O) groups excluding carboxylic acids is 1. The van der Waals surface area contributed by atoms with Crippen LogP contribution in [0.3, 0.4) is 0 Å². The molecule has 1 aliphatic rings. The van der Waals surface area contributed by atoms with Gasteiger partial charge in [0, 0.05) is 19.3 Å². The highest BCUT2D eigenvalue weighted by Crippen LogP contribution is 2.28. The van der Waals surface area contributed by atoms with E-state index in [4.69, 9.17) is 0 Å². The van der Waals surface area contributed by atoms with Crippen molar-refractivity contribution in [2.75, 3.05) is 13.1 Å². The van der Waals surface area contributed by atoms with Crippen LogP contribution in [0.15, 0.2) is 18.3 Å². The summed E-state index contributed by atoms with van der Waals surface area (Å²) >= 11 is 0. The van der Waals surface area contributed by atoms with Gasteiger partial charge in [0.1, 0.15) is 0 Å². The number of nitrogens with one attached hydrogen (secondary N) is 1. The van der Waals surface area contributed by atoms with Gasteiger partial charge < -0.3 is 4.90 Å². The van der Waals surface area contributed by atoms with E-state index in [-0.39, 0.29) is 18.0 Å². The minimum Gasteiger partial charge on any atom is -0.342 e. The average Bonchev–Trinajstić information content (AvgIpc) is 2.48. The number of rotatable bonds is 5. The minimum atomic E-state index is -0.159. The topological polar surface area (TPSA) is 45.2 Å². The molecule has 1 N–H and O–H groups in total. The van der Waals surface area contributed by atoms with Crippen molar-refractivity contribution < 1.29 is 4.79 Å². The first-order chi connectivity index (χ1) is 9.67. The van der Waals surface area contributed by atoms with Crippen LogP contribution >= 0.6 is 0 Å². The molecule has 0 aromatic carbocycles. The van der Waals surface area contributed by atoms with Crippen LogP contribution in [0.5, 0.6) is 0 Å². The molecule has 0 aliphatic heterocycles. The summed E-state index contributed by atoms with van der Waals surface area (Å²) in [4.78, 5) is 18.7. The lowest BCUT2D eigenvalue weighted by atomic mass is 9.91. The minimum absolute atomic E-state index is 0.159. The highest BCUT2D eigenvalue weighted by atomic mass is 16.2. The Morgan fingerprint density at radius 3 is 2.95 bits per heavy atom. The molecule has 4 nitrogen and oxygen atoms in total. The number of carbonyl (C=O) groups is 1. The van der Waals surface area contributed by atoms with Crippen molar-refractivity contribution in [1.82, 2.24) is 15.2 Å². The molecule has 110 valence electrons. The summed E-state index contributed by atoms with van der Waals surface area (Å²) in [5.41, 5.74) is 2.44. The molecule has 1 heterocycles. The predicted molar refractivity (Wildman–Crippen MR) is 80.4 cm³/mol. The van der Waals surface area contributed by atoms with Gasteiger partial charge in [-0.2, -0.15) is 0 Å². The first-order valence-corrected chi connectivity index (χ1v) is 7.66. The van der Waals surface area contributed by atoms with Crippen molar-refractivity contribution >= 4 is 5.91 Å². The van der Waals surface area contributed by atoms with E-state index in [1.165, 1.54) is 5.56 Å². The van der Waals surface area contributed by atoms with Gasteiger partial charge in [0.05, 0.1) is 17.8 Å². The van der Waals surface area contributed by atoms with Crippen LogP contribution in [0.4, 0.5) is 0 Å². The van der Waals surface area contributed by atoms with E-state index in [2.05, 4.69) is 16.4 Å². The molecule has 20 heavy (non-hydrogen) atoms. The Morgan fingerprint density at radius 2 is 2.25 bits per heavy atom. The molecule has 0 bridgehead atoms. The molecule has 1 aromatic heterocycles. The van der Waals surface area contributed by atoms with Crippen LogP contribution in [-0.2, 0) is 11.2 Å².